The van der Waals surface area contributed by atoms with E-state index in [0.717, 1.165) is 25.3 Å². The van der Waals surface area contributed by atoms with Crippen molar-refractivity contribution in [2.75, 3.05) is 0 Å². The van der Waals surface area contributed by atoms with Crippen LogP contribution in [0.3, 0.4) is 0 Å². The fraction of sp³-hybridized carbons (Fsp3) is 0.438. The molecular weight excluding hydrogens is 220 g/mol. The molecule has 0 bridgehead atoms. The quantitative estimate of drug-likeness (QED) is 0.787. The third-order valence-corrected chi connectivity index (χ3v) is 3.81. The zero-order valence-corrected chi connectivity index (χ0v) is 11.2. The van der Waals surface area contributed by atoms with E-state index in [0.29, 0.717) is 0 Å². The molecule has 0 amide bonds. The second kappa shape index (κ2) is 4.60. The van der Waals surface area contributed by atoms with Gasteiger partial charge in [-0.15, -0.1) is 0 Å². The van der Waals surface area contributed by atoms with Crippen LogP contribution in [0.5, 0.6) is 0 Å². The molecule has 1 aromatic heterocycles. The Bertz CT molecular complexity index is 537. The van der Waals surface area contributed by atoms with Crippen molar-refractivity contribution in [2.45, 2.75) is 39.7 Å². The molecule has 0 spiro atoms. The van der Waals surface area contributed by atoms with Gasteiger partial charge in [0.25, 0.3) is 0 Å². The van der Waals surface area contributed by atoms with E-state index in [4.69, 9.17) is 4.98 Å². The summed E-state index contributed by atoms with van der Waals surface area (Å²) in [6.45, 7) is 5.58. The Morgan fingerprint density at radius 1 is 1.28 bits per heavy atom. The SMILES string of the molecule is Cc1ccc(Cc2cn3c(n2)CC(C)CC3)cc1. The van der Waals surface area contributed by atoms with Crippen molar-refractivity contribution in [1.29, 1.82) is 0 Å². The number of benzene rings is 1. The van der Waals surface area contributed by atoms with Crippen LogP contribution in [-0.2, 0) is 19.4 Å². The number of imidazole rings is 1. The first kappa shape index (κ1) is 11.5. The topological polar surface area (TPSA) is 17.8 Å². The number of hydrogen-bond donors (Lipinski definition) is 0. The van der Waals surface area contributed by atoms with E-state index in [-0.39, 0.29) is 0 Å². The van der Waals surface area contributed by atoms with Gasteiger partial charge in [-0.1, -0.05) is 36.8 Å². The molecule has 2 aromatic rings. The standard InChI is InChI=1S/C16H20N2/c1-12-3-5-14(6-4-12)10-15-11-18-8-7-13(2)9-16(18)17-15/h3-6,11,13H,7-10H2,1-2H3. The molecule has 1 aromatic carbocycles. The van der Waals surface area contributed by atoms with Gasteiger partial charge in [0.1, 0.15) is 5.82 Å². The molecule has 0 saturated heterocycles. The summed E-state index contributed by atoms with van der Waals surface area (Å²) in [6.07, 6.45) is 5.61. The molecule has 1 aliphatic heterocycles. The zero-order chi connectivity index (χ0) is 12.5. The molecule has 1 unspecified atom stereocenters. The van der Waals surface area contributed by atoms with E-state index in [1.807, 2.05) is 0 Å². The van der Waals surface area contributed by atoms with Crippen LogP contribution in [0, 0.1) is 12.8 Å². The van der Waals surface area contributed by atoms with Crippen molar-refractivity contribution in [3.05, 3.63) is 53.1 Å². The fourth-order valence-electron chi connectivity index (χ4n) is 2.64. The highest BCUT2D eigenvalue weighted by Crippen LogP contribution is 2.20. The lowest BCUT2D eigenvalue weighted by Crippen LogP contribution is -2.16. The molecule has 0 radical (unpaired) electrons. The molecule has 0 N–H and O–H groups in total. The lowest BCUT2D eigenvalue weighted by molar-refractivity contribution is 0.409. The van der Waals surface area contributed by atoms with Crippen LogP contribution in [0.4, 0.5) is 0 Å². The van der Waals surface area contributed by atoms with Gasteiger partial charge in [-0.05, 0) is 24.8 Å². The first-order chi connectivity index (χ1) is 8.70. The van der Waals surface area contributed by atoms with Crippen LogP contribution in [0.2, 0.25) is 0 Å². The zero-order valence-electron chi connectivity index (χ0n) is 11.2. The molecular formula is C16H20N2. The monoisotopic (exact) mass is 240 g/mol. The Morgan fingerprint density at radius 3 is 2.83 bits per heavy atom. The third kappa shape index (κ3) is 2.33. The molecule has 0 fully saturated rings. The van der Waals surface area contributed by atoms with Gasteiger partial charge in [-0.3, -0.25) is 0 Å². The Morgan fingerprint density at radius 2 is 2.06 bits per heavy atom. The van der Waals surface area contributed by atoms with Gasteiger partial charge in [0.05, 0.1) is 5.69 Å². The van der Waals surface area contributed by atoms with Crippen molar-refractivity contribution in [3.8, 4) is 0 Å². The van der Waals surface area contributed by atoms with Crippen molar-refractivity contribution in [1.82, 2.24) is 9.55 Å². The molecule has 18 heavy (non-hydrogen) atoms. The number of hydrogen-bond acceptors (Lipinski definition) is 1. The first-order valence-electron chi connectivity index (χ1n) is 6.81. The maximum Gasteiger partial charge on any atom is 0.109 e. The highest BCUT2D eigenvalue weighted by Gasteiger charge is 2.17. The Balaban J connectivity index is 1.79. The van der Waals surface area contributed by atoms with Gasteiger partial charge in [0, 0.05) is 25.6 Å². The van der Waals surface area contributed by atoms with E-state index in [1.165, 1.54) is 29.1 Å². The number of aromatic nitrogens is 2. The molecule has 2 heterocycles. The summed E-state index contributed by atoms with van der Waals surface area (Å²) in [5.74, 6) is 2.06. The summed E-state index contributed by atoms with van der Waals surface area (Å²) in [5, 5.41) is 0. The second-order valence-electron chi connectivity index (χ2n) is 5.60. The minimum Gasteiger partial charge on any atom is -0.335 e. The van der Waals surface area contributed by atoms with Crippen molar-refractivity contribution >= 4 is 0 Å². The predicted molar refractivity (Wildman–Crippen MR) is 73.7 cm³/mol. The van der Waals surface area contributed by atoms with E-state index >= 15 is 0 Å². The number of aryl methyl sites for hydroxylation is 2. The molecule has 1 aliphatic rings. The number of rotatable bonds is 2. The van der Waals surface area contributed by atoms with E-state index < -0.39 is 0 Å². The molecule has 3 rings (SSSR count). The maximum absolute atomic E-state index is 4.78. The molecule has 2 heteroatoms. The van der Waals surface area contributed by atoms with Crippen molar-refractivity contribution in [2.24, 2.45) is 5.92 Å². The largest absolute Gasteiger partial charge is 0.335 e. The summed E-state index contributed by atoms with van der Waals surface area (Å²) < 4.78 is 2.34. The van der Waals surface area contributed by atoms with E-state index in [9.17, 15) is 0 Å². The number of nitrogens with zero attached hydrogens (tertiary/aromatic N) is 2. The van der Waals surface area contributed by atoms with Crippen LogP contribution in [-0.4, -0.2) is 9.55 Å². The van der Waals surface area contributed by atoms with Crippen molar-refractivity contribution in [3.63, 3.8) is 0 Å². The molecule has 94 valence electrons. The van der Waals surface area contributed by atoms with Gasteiger partial charge >= 0.3 is 0 Å². The summed E-state index contributed by atoms with van der Waals surface area (Å²) in [7, 11) is 0. The Hall–Kier alpha value is -1.57. The lowest BCUT2D eigenvalue weighted by atomic mass is 10.0. The normalized spacial score (nSPS) is 18.7. The van der Waals surface area contributed by atoms with Crippen LogP contribution < -0.4 is 0 Å². The van der Waals surface area contributed by atoms with Crippen LogP contribution >= 0.6 is 0 Å². The highest BCUT2D eigenvalue weighted by molar-refractivity contribution is 5.25. The molecule has 0 saturated carbocycles. The van der Waals surface area contributed by atoms with Crippen LogP contribution in [0.25, 0.3) is 0 Å². The van der Waals surface area contributed by atoms with Gasteiger partial charge in [0.15, 0.2) is 0 Å². The Kier molecular flexibility index (Phi) is 2.94. The van der Waals surface area contributed by atoms with Crippen molar-refractivity contribution < 1.29 is 0 Å². The minimum absolute atomic E-state index is 0.784. The summed E-state index contributed by atoms with van der Waals surface area (Å²) in [4.78, 5) is 4.78. The summed E-state index contributed by atoms with van der Waals surface area (Å²) in [6, 6.07) is 8.76. The highest BCUT2D eigenvalue weighted by atomic mass is 15.1. The predicted octanol–water partition coefficient (Wildman–Crippen LogP) is 3.36. The second-order valence-corrected chi connectivity index (χ2v) is 5.60. The third-order valence-electron chi connectivity index (χ3n) is 3.81. The average molecular weight is 240 g/mol. The minimum atomic E-state index is 0.784. The maximum atomic E-state index is 4.78. The van der Waals surface area contributed by atoms with Crippen LogP contribution in [0.1, 0.15) is 36.0 Å². The van der Waals surface area contributed by atoms with E-state index in [2.05, 4.69) is 48.9 Å². The van der Waals surface area contributed by atoms with Crippen LogP contribution in [0.15, 0.2) is 30.5 Å². The number of fused-ring (bicyclic) bond motifs is 1. The smallest absolute Gasteiger partial charge is 0.109 e. The summed E-state index contributed by atoms with van der Waals surface area (Å²) in [5.41, 5.74) is 3.88. The first-order valence-corrected chi connectivity index (χ1v) is 6.81. The average Bonchev–Trinajstić information content (AvgIpc) is 2.73. The molecule has 1 atom stereocenters. The van der Waals surface area contributed by atoms with Gasteiger partial charge in [0.2, 0.25) is 0 Å². The molecule has 0 aliphatic carbocycles. The Labute approximate surface area is 109 Å². The summed E-state index contributed by atoms with van der Waals surface area (Å²) >= 11 is 0. The van der Waals surface area contributed by atoms with Gasteiger partial charge in [-0.2, -0.15) is 0 Å². The molecule has 2 nitrogen and oxygen atoms in total. The fourth-order valence-corrected chi connectivity index (χ4v) is 2.64. The van der Waals surface area contributed by atoms with Gasteiger partial charge < -0.3 is 4.57 Å². The van der Waals surface area contributed by atoms with Gasteiger partial charge in [-0.25, -0.2) is 4.98 Å². The van der Waals surface area contributed by atoms with E-state index in [1.54, 1.807) is 0 Å². The lowest BCUT2D eigenvalue weighted by Gasteiger charge is -2.18.